The maximum atomic E-state index is 13.2. The summed E-state index contributed by atoms with van der Waals surface area (Å²) in [4.78, 5) is 31.1. The Kier molecular flexibility index (Phi) is 4.97. The van der Waals surface area contributed by atoms with Gasteiger partial charge in [-0.25, -0.2) is 0 Å². The number of para-hydroxylation sites is 1. The molecule has 1 amide bonds. The monoisotopic (exact) mass is 392 g/mol. The number of benzene rings is 1. The molecule has 4 nitrogen and oxygen atoms in total. The van der Waals surface area contributed by atoms with Gasteiger partial charge in [0.25, 0.3) is 0 Å². The first-order valence-corrected chi connectivity index (χ1v) is 11.6. The number of hydrogen-bond acceptors (Lipinski definition) is 2. The lowest BCUT2D eigenvalue weighted by atomic mass is 9.67. The van der Waals surface area contributed by atoms with Crippen LogP contribution in [0.1, 0.15) is 68.9 Å². The second-order valence-electron chi connectivity index (χ2n) is 9.43. The summed E-state index contributed by atoms with van der Waals surface area (Å²) in [7, 11) is 0. The molecular formula is C25H32N2O2. The first-order chi connectivity index (χ1) is 14.2. The molecule has 2 unspecified atom stereocenters. The van der Waals surface area contributed by atoms with Crippen LogP contribution in [0.4, 0.5) is 0 Å². The fourth-order valence-corrected chi connectivity index (χ4v) is 6.22. The standard InChI is InChI=1S/C25H32N2O2/c1-2-16-5-4-8-21-22(15-26-23(16)21)17-9-11-27(12-10-17)25(29)20-13-18-6-3-7-19(14-20)24(18)28/h4-5,8,15,17-20,26H,2-3,6-7,9-14H2,1H3. The number of carbonyl (C=O) groups excluding carboxylic acids is 2. The molecule has 4 heteroatoms. The molecule has 1 N–H and O–H groups in total. The minimum Gasteiger partial charge on any atom is -0.361 e. The molecule has 5 rings (SSSR count). The zero-order valence-electron chi connectivity index (χ0n) is 17.5. The Hall–Kier alpha value is -2.10. The van der Waals surface area contributed by atoms with Gasteiger partial charge in [0.05, 0.1) is 0 Å². The number of nitrogens with zero attached hydrogens (tertiary/aromatic N) is 1. The Morgan fingerprint density at radius 3 is 2.48 bits per heavy atom. The number of aryl methyl sites for hydroxylation is 1. The van der Waals surface area contributed by atoms with Crippen LogP contribution < -0.4 is 0 Å². The molecule has 2 atom stereocenters. The molecule has 0 spiro atoms. The van der Waals surface area contributed by atoms with Crippen LogP contribution in [0.3, 0.4) is 0 Å². The molecule has 154 valence electrons. The van der Waals surface area contributed by atoms with E-state index < -0.39 is 0 Å². The Bertz CT molecular complexity index is 906. The Morgan fingerprint density at radius 2 is 1.79 bits per heavy atom. The summed E-state index contributed by atoms with van der Waals surface area (Å²) in [6, 6.07) is 6.60. The molecule has 1 saturated heterocycles. The first kappa shape index (κ1) is 18.9. The van der Waals surface area contributed by atoms with Crippen LogP contribution in [0.25, 0.3) is 10.9 Å². The minimum atomic E-state index is 0.0831. The van der Waals surface area contributed by atoms with Gasteiger partial charge in [-0.05, 0) is 62.0 Å². The van der Waals surface area contributed by atoms with E-state index in [-0.39, 0.29) is 17.8 Å². The maximum Gasteiger partial charge on any atom is 0.225 e. The van der Waals surface area contributed by atoms with Gasteiger partial charge in [0.1, 0.15) is 5.78 Å². The van der Waals surface area contributed by atoms with E-state index >= 15 is 0 Å². The van der Waals surface area contributed by atoms with Crippen molar-refractivity contribution in [3.8, 4) is 0 Å². The van der Waals surface area contributed by atoms with Gasteiger partial charge in [-0.3, -0.25) is 9.59 Å². The Balaban J connectivity index is 1.25. The zero-order chi connectivity index (χ0) is 20.0. The van der Waals surface area contributed by atoms with Crippen molar-refractivity contribution in [2.24, 2.45) is 17.8 Å². The number of carbonyl (C=O) groups is 2. The Labute approximate surface area is 173 Å². The molecule has 3 fully saturated rings. The number of H-pyrrole nitrogens is 1. The third-order valence-electron chi connectivity index (χ3n) is 7.86. The number of ketones is 1. The third-order valence-corrected chi connectivity index (χ3v) is 7.86. The summed E-state index contributed by atoms with van der Waals surface area (Å²) in [5.41, 5.74) is 4.07. The maximum absolute atomic E-state index is 13.2. The van der Waals surface area contributed by atoms with E-state index in [1.54, 1.807) is 0 Å². The molecule has 1 aliphatic heterocycles. The van der Waals surface area contributed by atoms with Crippen molar-refractivity contribution < 1.29 is 9.59 Å². The smallest absolute Gasteiger partial charge is 0.225 e. The van der Waals surface area contributed by atoms with Crippen molar-refractivity contribution in [2.75, 3.05) is 13.1 Å². The van der Waals surface area contributed by atoms with Crippen LogP contribution in [0.15, 0.2) is 24.4 Å². The fourth-order valence-electron chi connectivity index (χ4n) is 6.22. The van der Waals surface area contributed by atoms with E-state index in [0.717, 1.165) is 64.5 Å². The number of aromatic nitrogens is 1. The van der Waals surface area contributed by atoms with Crippen LogP contribution in [0.5, 0.6) is 0 Å². The number of fused-ring (bicyclic) bond motifs is 3. The van der Waals surface area contributed by atoms with E-state index in [9.17, 15) is 9.59 Å². The van der Waals surface area contributed by atoms with Crippen LogP contribution in [-0.4, -0.2) is 34.7 Å². The van der Waals surface area contributed by atoms with Gasteiger partial charge in [-0.2, -0.15) is 0 Å². The van der Waals surface area contributed by atoms with Crippen molar-refractivity contribution in [3.05, 3.63) is 35.5 Å². The van der Waals surface area contributed by atoms with Crippen LogP contribution in [0, 0.1) is 17.8 Å². The van der Waals surface area contributed by atoms with Gasteiger partial charge >= 0.3 is 0 Å². The van der Waals surface area contributed by atoms with E-state index in [4.69, 9.17) is 0 Å². The third kappa shape index (κ3) is 3.31. The molecule has 0 radical (unpaired) electrons. The van der Waals surface area contributed by atoms with Crippen molar-refractivity contribution in [1.82, 2.24) is 9.88 Å². The van der Waals surface area contributed by atoms with Crippen LogP contribution in [-0.2, 0) is 16.0 Å². The van der Waals surface area contributed by atoms with Crippen LogP contribution in [0.2, 0.25) is 0 Å². The van der Waals surface area contributed by atoms with Crippen LogP contribution >= 0.6 is 0 Å². The molecule has 3 aliphatic rings. The van der Waals surface area contributed by atoms with Gasteiger partial charge in [-0.1, -0.05) is 31.5 Å². The average Bonchev–Trinajstić information content (AvgIpc) is 3.17. The van der Waals surface area contributed by atoms with Crippen molar-refractivity contribution in [3.63, 3.8) is 0 Å². The molecule has 2 aliphatic carbocycles. The quantitative estimate of drug-likeness (QED) is 0.813. The lowest BCUT2D eigenvalue weighted by Crippen LogP contribution is -2.46. The number of Topliss-reactive ketones (excluding diaryl/α,β-unsaturated/α-hetero) is 1. The molecule has 2 saturated carbocycles. The summed E-state index contributed by atoms with van der Waals surface area (Å²) < 4.78 is 0. The number of nitrogens with one attached hydrogen (secondary N) is 1. The highest BCUT2D eigenvalue weighted by atomic mass is 16.2. The van der Waals surface area contributed by atoms with Gasteiger partial charge in [0, 0.05) is 47.9 Å². The minimum absolute atomic E-state index is 0.0831. The lowest BCUT2D eigenvalue weighted by Gasteiger charge is -2.40. The van der Waals surface area contributed by atoms with Gasteiger partial charge in [0.15, 0.2) is 0 Å². The topological polar surface area (TPSA) is 53.2 Å². The van der Waals surface area contributed by atoms with E-state index in [1.165, 1.54) is 22.0 Å². The fraction of sp³-hybridized carbons (Fsp3) is 0.600. The summed E-state index contributed by atoms with van der Waals surface area (Å²) in [5.74, 6) is 1.69. The summed E-state index contributed by atoms with van der Waals surface area (Å²) in [5, 5.41) is 1.35. The molecule has 2 aromatic rings. The second-order valence-corrected chi connectivity index (χ2v) is 9.43. The van der Waals surface area contributed by atoms with Gasteiger partial charge in [0.2, 0.25) is 5.91 Å². The number of aromatic amines is 1. The largest absolute Gasteiger partial charge is 0.361 e. The van der Waals surface area contributed by atoms with Crippen molar-refractivity contribution in [2.45, 2.75) is 64.2 Å². The Morgan fingerprint density at radius 1 is 1.07 bits per heavy atom. The van der Waals surface area contributed by atoms with E-state index in [2.05, 4.69) is 41.2 Å². The average molecular weight is 393 g/mol. The van der Waals surface area contributed by atoms with Gasteiger partial charge in [-0.15, -0.1) is 0 Å². The number of amides is 1. The highest BCUT2D eigenvalue weighted by Gasteiger charge is 2.42. The summed E-state index contributed by atoms with van der Waals surface area (Å²) >= 11 is 0. The number of rotatable bonds is 3. The highest BCUT2D eigenvalue weighted by Crippen LogP contribution is 2.41. The predicted molar refractivity (Wildman–Crippen MR) is 115 cm³/mol. The molecule has 1 aromatic carbocycles. The number of piperidine rings is 1. The zero-order valence-corrected chi connectivity index (χ0v) is 17.5. The SMILES string of the molecule is CCc1cccc2c(C3CCN(C(=O)C4CC5CCCC(C4)C5=O)CC3)c[nH]c12. The molecule has 2 bridgehead atoms. The molecule has 1 aromatic heterocycles. The molecular weight excluding hydrogens is 360 g/mol. The van der Waals surface area contributed by atoms with E-state index in [0.29, 0.717) is 17.6 Å². The highest BCUT2D eigenvalue weighted by molar-refractivity contribution is 5.89. The van der Waals surface area contributed by atoms with E-state index in [1.807, 2.05) is 0 Å². The molecule has 2 heterocycles. The van der Waals surface area contributed by atoms with Crippen molar-refractivity contribution >= 4 is 22.6 Å². The second kappa shape index (κ2) is 7.62. The number of hydrogen-bond donors (Lipinski definition) is 1. The first-order valence-electron chi connectivity index (χ1n) is 11.6. The molecule has 29 heavy (non-hydrogen) atoms. The normalized spacial score (nSPS) is 28.1. The predicted octanol–water partition coefficient (Wildman–Crippen LogP) is 4.83. The number of likely N-dealkylation sites (tertiary alicyclic amines) is 1. The van der Waals surface area contributed by atoms with Gasteiger partial charge < -0.3 is 9.88 Å². The summed E-state index contributed by atoms with van der Waals surface area (Å²) in [6.07, 6.45) is 10.1. The lowest BCUT2D eigenvalue weighted by molar-refractivity contribution is -0.143. The summed E-state index contributed by atoms with van der Waals surface area (Å²) in [6.45, 7) is 3.90. The van der Waals surface area contributed by atoms with Crippen molar-refractivity contribution in [1.29, 1.82) is 0 Å².